The van der Waals surface area contributed by atoms with Crippen LogP contribution < -0.4 is 5.32 Å². The van der Waals surface area contributed by atoms with Gasteiger partial charge in [0.05, 0.1) is 16.7 Å². The third-order valence-corrected chi connectivity index (χ3v) is 5.64. The summed E-state index contributed by atoms with van der Waals surface area (Å²) in [6, 6.07) is 0.261. The second kappa shape index (κ2) is 6.28. The number of aryl methyl sites for hydroxylation is 2. The first-order valence-electron chi connectivity index (χ1n) is 6.02. The van der Waals surface area contributed by atoms with Gasteiger partial charge < -0.3 is 5.32 Å². The Balaban J connectivity index is 2.37. The van der Waals surface area contributed by atoms with E-state index in [0.717, 1.165) is 23.7 Å². The molecule has 0 aliphatic heterocycles. The molecule has 2 nitrogen and oxygen atoms in total. The Morgan fingerprint density at radius 2 is 2.17 bits per heavy atom. The third kappa shape index (κ3) is 3.02. The maximum absolute atomic E-state index is 4.55. The lowest BCUT2D eigenvalue weighted by Crippen LogP contribution is -2.22. The first-order valence-corrected chi connectivity index (χ1v) is 8.57. The average Bonchev–Trinajstić information content (AvgIpc) is 2.87. The van der Waals surface area contributed by atoms with Crippen LogP contribution in [0.5, 0.6) is 0 Å². The molecule has 1 atom stereocenters. The van der Waals surface area contributed by atoms with Crippen molar-refractivity contribution in [3.8, 4) is 0 Å². The predicted molar refractivity (Wildman–Crippen MR) is 83.7 cm³/mol. The van der Waals surface area contributed by atoms with E-state index < -0.39 is 0 Å². The van der Waals surface area contributed by atoms with E-state index in [4.69, 9.17) is 0 Å². The Morgan fingerprint density at radius 1 is 1.39 bits per heavy atom. The van der Waals surface area contributed by atoms with Gasteiger partial charge in [0.1, 0.15) is 0 Å². The molecule has 1 N–H and O–H groups in total. The summed E-state index contributed by atoms with van der Waals surface area (Å²) in [5, 5.41) is 9.12. The zero-order valence-electron chi connectivity index (χ0n) is 10.8. The van der Waals surface area contributed by atoms with Crippen molar-refractivity contribution in [2.75, 3.05) is 6.54 Å². The van der Waals surface area contributed by atoms with Crippen LogP contribution in [0.3, 0.4) is 0 Å². The molecule has 0 saturated carbocycles. The van der Waals surface area contributed by atoms with Crippen LogP contribution in [0.25, 0.3) is 0 Å². The van der Waals surface area contributed by atoms with Crippen LogP contribution in [-0.2, 0) is 0 Å². The molecule has 0 radical (unpaired) electrons. The molecule has 0 spiro atoms. The highest BCUT2D eigenvalue weighted by molar-refractivity contribution is 9.10. The number of halogens is 1. The van der Waals surface area contributed by atoms with Crippen LogP contribution in [-0.4, -0.2) is 11.5 Å². The van der Waals surface area contributed by atoms with E-state index in [0.29, 0.717) is 0 Å². The van der Waals surface area contributed by atoms with E-state index in [9.17, 15) is 0 Å². The molecule has 2 heterocycles. The summed E-state index contributed by atoms with van der Waals surface area (Å²) < 4.78 is 1.19. The summed E-state index contributed by atoms with van der Waals surface area (Å²) in [5.41, 5.74) is 2.46. The normalized spacial score (nSPS) is 12.9. The van der Waals surface area contributed by atoms with Gasteiger partial charge in [0.25, 0.3) is 0 Å². The number of aromatic nitrogens is 1. The van der Waals surface area contributed by atoms with Crippen molar-refractivity contribution in [3.05, 3.63) is 36.4 Å². The summed E-state index contributed by atoms with van der Waals surface area (Å²) in [6.45, 7) is 7.38. The Labute approximate surface area is 125 Å². The van der Waals surface area contributed by atoms with Gasteiger partial charge in [-0.25, -0.2) is 4.98 Å². The van der Waals surface area contributed by atoms with Crippen LogP contribution in [0.4, 0.5) is 0 Å². The number of hydrogen-bond donors (Lipinski definition) is 1. The monoisotopic (exact) mass is 344 g/mol. The predicted octanol–water partition coefficient (Wildman–Crippen LogP) is 4.67. The molecule has 1 unspecified atom stereocenters. The smallest absolute Gasteiger partial charge is 0.0900 e. The zero-order chi connectivity index (χ0) is 13.1. The molecule has 0 aliphatic carbocycles. The Hall–Kier alpha value is -0.230. The fourth-order valence-electron chi connectivity index (χ4n) is 1.94. The quantitative estimate of drug-likeness (QED) is 0.852. The fraction of sp³-hybridized carbons (Fsp3) is 0.462. The van der Waals surface area contributed by atoms with Crippen molar-refractivity contribution >= 4 is 38.6 Å². The zero-order valence-corrected chi connectivity index (χ0v) is 14.0. The Kier molecular flexibility index (Phi) is 4.95. The van der Waals surface area contributed by atoms with E-state index >= 15 is 0 Å². The standard InChI is InChI=1S/C13H17BrN2S2/c1-4-5-15-12(10-6-17-7-11(10)14)13-8(2)16-9(3)18-13/h6-7,12,15H,4-5H2,1-3H3. The van der Waals surface area contributed by atoms with Crippen LogP contribution in [0.1, 0.15) is 40.5 Å². The SMILES string of the molecule is CCCNC(c1cscc1Br)c1sc(C)nc1C. The molecule has 5 heteroatoms. The minimum Gasteiger partial charge on any atom is -0.305 e. The summed E-state index contributed by atoms with van der Waals surface area (Å²) in [5.74, 6) is 0. The summed E-state index contributed by atoms with van der Waals surface area (Å²) in [6.07, 6.45) is 1.13. The lowest BCUT2D eigenvalue weighted by molar-refractivity contribution is 0.602. The van der Waals surface area contributed by atoms with Crippen molar-refractivity contribution in [2.24, 2.45) is 0 Å². The molecule has 0 bridgehead atoms. The van der Waals surface area contributed by atoms with Gasteiger partial charge in [0.2, 0.25) is 0 Å². The van der Waals surface area contributed by atoms with Gasteiger partial charge in [0.15, 0.2) is 0 Å². The molecular weight excluding hydrogens is 328 g/mol. The molecule has 2 aromatic rings. The first-order chi connectivity index (χ1) is 8.63. The molecular formula is C13H17BrN2S2. The lowest BCUT2D eigenvalue weighted by Gasteiger charge is -2.17. The van der Waals surface area contributed by atoms with Gasteiger partial charge in [0, 0.05) is 14.7 Å². The van der Waals surface area contributed by atoms with Crippen molar-refractivity contribution in [1.29, 1.82) is 0 Å². The number of nitrogens with zero attached hydrogens (tertiary/aromatic N) is 1. The number of thiazole rings is 1. The Morgan fingerprint density at radius 3 is 2.67 bits per heavy atom. The van der Waals surface area contributed by atoms with E-state index in [2.05, 4.69) is 57.8 Å². The topological polar surface area (TPSA) is 24.9 Å². The molecule has 0 aromatic carbocycles. The highest BCUT2D eigenvalue weighted by Crippen LogP contribution is 2.35. The minimum atomic E-state index is 0.261. The van der Waals surface area contributed by atoms with Crippen LogP contribution in [0.15, 0.2) is 15.2 Å². The second-order valence-corrected chi connectivity index (χ2v) is 7.08. The maximum atomic E-state index is 4.55. The number of nitrogens with one attached hydrogen (secondary N) is 1. The molecule has 0 saturated heterocycles. The van der Waals surface area contributed by atoms with E-state index in [1.165, 1.54) is 14.9 Å². The van der Waals surface area contributed by atoms with Crippen molar-refractivity contribution in [3.63, 3.8) is 0 Å². The second-order valence-electron chi connectivity index (χ2n) is 4.24. The summed E-state index contributed by atoms with van der Waals surface area (Å²) >= 11 is 7.16. The van der Waals surface area contributed by atoms with Gasteiger partial charge >= 0.3 is 0 Å². The molecule has 0 fully saturated rings. The highest BCUT2D eigenvalue weighted by atomic mass is 79.9. The van der Waals surface area contributed by atoms with Gasteiger partial charge in [-0.3, -0.25) is 0 Å². The van der Waals surface area contributed by atoms with Crippen LogP contribution in [0.2, 0.25) is 0 Å². The largest absolute Gasteiger partial charge is 0.305 e. The van der Waals surface area contributed by atoms with Crippen molar-refractivity contribution in [1.82, 2.24) is 10.3 Å². The molecule has 98 valence electrons. The number of rotatable bonds is 5. The fourth-order valence-corrected chi connectivity index (χ4v) is 4.52. The summed E-state index contributed by atoms with van der Waals surface area (Å²) in [7, 11) is 0. The van der Waals surface area contributed by atoms with Crippen LogP contribution in [0, 0.1) is 13.8 Å². The molecule has 0 aliphatic rings. The van der Waals surface area contributed by atoms with Gasteiger partial charge in [-0.1, -0.05) is 6.92 Å². The molecule has 2 rings (SSSR count). The highest BCUT2D eigenvalue weighted by Gasteiger charge is 2.21. The summed E-state index contributed by atoms with van der Waals surface area (Å²) in [4.78, 5) is 5.88. The van der Waals surface area contributed by atoms with E-state index in [1.54, 1.807) is 22.7 Å². The van der Waals surface area contributed by atoms with E-state index in [1.807, 2.05) is 0 Å². The maximum Gasteiger partial charge on any atom is 0.0900 e. The van der Waals surface area contributed by atoms with Gasteiger partial charge in [-0.05, 0) is 53.7 Å². The van der Waals surface area contributed by atoms with Gasteiger partial charge in [-0.2, -0.15) is 11.3 Å². The Bertz CT molecular complexity index is 519. The molecule has 2 aromatic heterocycles. The minimum absolute atomic E-state index is 0.261. The van der Waals surface area contributed by atoms with Gasteiger partial charge in [-0.15, -0.1) is 11.3 Å². The third-order valence-electron chi connectivity index (χ3n) is 2.75. The first kappa shape index (κ1) is 14.2. The number of hydrogen-bond acceptors (Lipinski definition) is 4. The molecule has 0 amide bonds. The van der Waals surface area contributed by atoms with E-state index in [-0.39, 0.29) is 6.04 Å². The number of thiophene rings is 1. The molecule has 18 heavy (non-hydrogen) atoms. The lowest BCUT2D eigenvalue weighted by atomic mass is 10.1. The van der Waals surface area contributed by atoms with Crippen molar-refractivity contribution in [2.45, 2.75) is 33.2 Å². The average molecular weight is 345 g/mol. The van der Waals surface area contributed by atoms with Crippen molar-refractivity contribution < 1.29 is 0 Å². The van der Waals surface area contributed by atoms with Crippen LogP contribution >= 0.6 is 38.6 Å².